The van der Waals surface area contributed by atoms with Gasteiger partial charge in [0.05, 0.1) is 12.6 Å². The van der Waals surface area contributed by atoms with E-state index < -0.39 is 6.04 Å². The number of nitrogens with zero attached hydrogens (tertiary/aromatic N) is 1. The zero-order valence-electron chi connectivity index (χ0n) is 20.6. The van der Waals surface area contributed by atoms with Crippen LogP contribution >= 0.6 is 27.3 Å². The van der Waals surface area contributed by atoms with Crippen LogP contribution in [0.2, 0.25) is 0 Å². The Morgan fingerprint density at radius 2 is 1.81 bits per heavy atom. The smallest absolute Gasteiger partial charge is 0.262 e. The first-order valence-electron chi connectivity index (χ1n) is 11.9. The summed E-state index contributed by atoms with van der Waals surface area (Å²) in [6, 6.07) is 22.9. The van der Waals surface area contributed by atoms with Crippen molar-refractivity contribution in [3.63, 3.8) is 0 Å². The molecule has 0 radical (unpaired) electrons. The van der Waals surface area contributed by atoms with Crippen molar-refractivity contribution in [3.05, 3.63) is 98.7 Å². The number of benzene rings is 3. The van der Waals surface area contributed by atoms with Gasteiger partial charge in [-0.05, 0) is 51.9 Å². The Bertz CT molecular complexity index is 1390. The molecule has 37 heavy (non-hydrogen) atoms. The van der Waals surface area contributed by atoms with E-state index in [4.69, 9.17) is 4.74 Å². The molecule has 2 N–H and O–H groups in total. The lowest BCUT2D eigenvalue weighted by atomic mass is 10.0. The predicted octanol–water partition coefficient (Wildman–Crippen LogP) is 6.08. The van der Waals surface area contributed by atoms with Gasteiger partial charge in [-0.1, -0.05) is 78.3 Å². The highest BCUT2D eigenvalue weighted by Crippen LogP contribution is 2.27. The molecule has 0 bridgehead atoms. The topological polar surface area (TPSA) is 79.8 Å². The molecule has 1 heterocycles. The van der Waals surface area contributed by atoms with Crippen molar-refractivity contribution in [2.45, 2.75) is 32.9 Å². The highest BCUT2D eigenvalue weighted by Gasteiger charge is 2.24. The third-order valence-electron chi connectivity index (χ3n) is 5.79. The van der Waals surface area contributed by atoms with Gasteiger partial charge in [-0.25, -0.2) is 5.43 Å². The summed E-state index contributed by atoms with van der Waals surface area (Å²) in [6.45, 7) is 4.17. The largest absolute Gasteiger partial charge is 0.488 e. The molecule has 0 saturated carbocycles. The number of ether oxygens (including phenoxy) is 1. The number of nitrogens with one attached hydrogen (secondary N) is 2. The number of amides is 2. The quantitative estimate of drug-likeness (QED) is 0.177. The van der Waals surface area contributed by atoms with Gasteiger partial charge in [0.2, 0.25) is 5.91 Å². The Balaban J connectivity index is 1.48. The number of hydrazone groups is 1. The van der Waals surface area contributed by atoms with Crippen molar-refractivity contribution < 1.29 is 14.3 Å². The molecular weight excluding hydrogens is 550 g/mol. The fourth-order valence-electron chi connectivity index (χ4n) is 3.84. The van der Waals surface area contributed by atoms with E-state index in [1.54, 1.807) is 6.21 Å². The van der Waals surface area contributed by atoms with Gasteiger partial charge in [0, 0.05) is 14.9 Å². The minimum absolute atomic E-state index is 0.107. The van der Waals surface area contributed by atoms with E-state index in [0.29, 0.717) is 12.4 Å². The molecule has 4 aromatic rings. The molecule has 6 nitrogen and oxygen atoms in total. The Morgan fingerprint density at radius 3 is 2.54 bits per heavy atom. The van der Waals surface area contributed by atoms with E-state index in [-0.39, 0.29) is 24.2 Å². The molecule has 8 heteroatoms. The van der Waals surface area contributed by atoms with Crippen molar-refractivity contribution >= 4 is 56.1 Å². The molecular formula is C29H28BrN3O3S. The maximum Gasteiger partial charge on any atom is 0.262 e. The Kier molecular flexibility index (Phi) is 9.09. The van der Waals surface area contributed by atoms with Crippen LogP contribution in [0, 0.1) is 5.92 Å². The Hall–Kier alpha value is -3.49. The second-order valence-electron chi connectivity index (χ2n) is 8.89. The molecule has 0 spiro atoms. The molecule has 2 amide bonds. The van der Waals surface area contributed by atoms with Crippen LogP contribution in [0.1, 0.15) is 29.9 Å². The summed E-state index contributed by atoms with van der Waals surface area (Å²) in [5.41, 5.74) is 4.40. The average Bonchev–Trinajstić information content (AvgIpc) is 3.40. The molecule has 0 aliphatic rings. The first-order valence-corrected chi connectivity index (χ1v) is 13.6. The van der Waals surface area contributed by atoms with Crippen LogP contribution < -0.4 is 15.5 Å². The normalized spacial score (nSPS) is 12.1. The van der Waals surface area contributed by atoms with Gasteiger partial charge in [-0.3, -0.25) is 9.59 Å². The van der Waals surface area contributed by atoms with Gasteiger partial charge < -0.3 is 10.1 Å². The molecule has 1 atom stereocenters. The first kappa shape index (κ1) is 26.6. The van der Waals surface area contributed by atoms with Gasteiger partial charge in [0.1, 0.15) is 18.4 Å². The zero-order valence-corrected chi connectivity index (χ0v) is 23.0. The van der Waals surface area contributed by atoms with E-state index in [1.165, 1.54) is 11.3 Å². The monoisotopic (exact) mass is 577 g/mol. The van der Waals surface area contributed by atoms with E-state index in [1.807, 2.05) is 92.0 Å². The molecule has 3 aromatic carbocycles. The summed E-state index contributed by atoms with van der Waals surface area (Å²) >= 11 is 4.96. The Morgan fingerprint density at radius 1 is 1.03 bits per heavy atom. The number of hydrogen-bond donors (Lipinski definition) is 2. The van der Waals surface area contributed by atoms with Gasteiger partial charge in [-0.2, -0.15) is 5.10 Å². The van der Waals surface area contributed by atoms with Crippen molar-refractivity contribution in [1.29, 1.82) is 0 Å². The molecule has 0 aliphatic heterocycles. The van der Waals surface area contributed by atoms with Crippen LogP contribution in [0.4, 0.5) is 0 Å². The van der Waals surface area contributed by atoms with Crippen LogP contribution in [0.25, 0.3) is 10.8 Å². The van der Waals surface area contributed by atoms with Crippen LogP contribution in [0.15, 0.2) is 87.8 Å². The SMILES string of the molecule is CC(C)C(NC(=O)Cc1cccs1)C(=O)N/N=C\c1c(OCc2ccc(Br)cc2)ccc2ccccc12. The van der Waals surface area contributed by atoms with Gasteiger partial charge in [0.25, 0.3) is 5.91 Å². The summed E-state index contributed by atoms with van der Waals surface area (Å²) in [6.07, 6.45) is 1.84. The standard InChI is InChI=1S/C29H28BrN3O3S/c1-19(2)28(32-27(34)16-23-7-5-15-37-23)29(35)33-31-17-25-24-8-4-3-6-21(24)11-14-26(25)36-18-20-9-12-22(30)13-10-20/h3-15,17,19,28H,16,18H2,1-2H3,(H,32,34)(H,33,35)/b31-17-. The molecule has 4 rings (SSSR count). The number of rotatable bonds is 10. The number of carbonyl (C=O) groups is 2. The minimum Gasteiger partial charge on any atom is -0.488 e. The maximum absolute atomic E-state index is 12.9. The molecule has 1 aromatic heterocycles. The number of halogens is 1. The van der Waals surface area contributed by atoms with Gasteiger partial charge >= 0.3 is 0 Å². The zero-order chi connectivity index (χ0) is 26.2. The second kappa shape index (κ2) is 12.7. The highest BCUT2D eigenvalue weighted by atomic mass is 79.9. The fraction of sp³-hybridized carbons (Fsp3) is 0.207. The highest BCUT2D eigenvalue weighted by molar-refractivity contribution is 9.10. The van der Waals surface area contributed by atoms with Crippen molar-refractivity contribution in [2.75, 3.05) is 0 Å². The summed E-state index contributed by atoms with van der Waals surface area (Å²) in [5.74, 6) is -0.0181. The third-order valence-corrected chi connectivity index (χ3v) is 7.19. The third kappa shape index (κ3) is 7.27. The number of hydrogen-bond acceptors (Lipinski definition) is 5. The van der Waals surface area contributed by atoms with E-state index in [0.717, 1.165) is 31.2 Å². The maximum atomic E-state index is 12.9. The lowest BCUT2D eigenvalue weighted by Gasteiger charge is -2.20. The lowest BCUT2D eigenvalue weighted by molar-refractivity contribution is -0.129. The molecule has 0 aliphatic carbocycles. The van der Waals surface area contributed by atoms with Crippen LogP contribution in [0.3, 0.4) is 0 Å². The van der Waals surface area contributed by atoms with E-state index in [2.05, 4.69) is 31.8 Å². The van der Waals surface area contributed by atoms with Crippen LogP contribution in [0.5, 0.6) is 5.75 Å². The van der Waals surface area contributed by atoms with Crippen LogP contribution in [-0.4, -0.2) is 24.1 Å². The van der Waals surface area contributed by atoms with Gasteiger partial charge in [-0.15, -0.1) is 11.3 Å². The summed E-state index contributed by atoms with van der Waals surface area (Å²) in [7, 11) is 0. The number of carbonyl (C=O) groups excluding carboxylic acids is 2. The molecule has 0 fully saturated rings. The predicted molar refractivity (Wildman–Crippen MR) is 153 cm³/mol. The molecule has 1 unspecified atom stereocenters. The van der Waals surface area contributed by atoms with Crippen molar-refractivity contribution in [2.24, 2.45) is 11.0 Å². The molecule has 0 saturated heterocycles. The molecule has 190 valence electrons. The fourth-order valence-corrected chi connectivity index (χ4v) is 4.80. The first-order chi connectivity index (χ1) is 17.9. The minimum atomic E-state index is -0.703. The lowest BCUT2D eigenvalue weighted by Crippen LogP contribution is -2.49. The second-order valence-corrected chi connectivity index (χ2v) is 10.8. The number of fused-ring (bicyclic) bond motifs is 1. The van der Waals surface area contributed by atoms with Gasteiger partial charge in [0.15, 0.2) is 0 Å². The summed E-state index contributed by atoms with van der Waals surface area (Å²) in [5, 5.41) is 11.0. The van der Waals surface area contributed by atoms with Crippen LogP contribution in [-0.2, 0) is 22.6 Å². The van der Waals surface area contributed by atoms with Crippen molar-refractivity contribution in [3.8, 4) is 5.75 Å². The number of thiophene rings is 1. The average molecular weight is 579 g/mol. The van der Waals surface area contributed by atoms with E-state index in [9.17, 15) is 9.59 Å². The Labute approximate surface area is 228 Å². The van der Waals surface area contributed by atoms with E-state index >= 15 is 0 Å². The summed E-state index contributed by atoms with van der Waals surface area (Å²) < 4.78 is 7.15. The summed E-state index contributed by atoms with van der Waals surface area (Å²) in [4.78, 5) is 26.4. The van der Waals surface area contributed by atoms with Crippen molar-refractivity contribution in [1.82, 2.24) is 10.7 Å².